The van der Waals surface area contributed by atoms with Crippen LogP contribution in [-0.2, 0) is 4.79 Å². The number of carbonyl (C=O) groups is 2. The number of ether oxygens (including phenoxy) is 2. The summed E-state index contributed by atoms with van der Waals surface area (Å²) in [6.45, 7) is 12.7. The van der Waals surface area contributed by atoms with Crippen molar-refractivity contribution < 1.29 is 24.2 Å². The van der Waals surface area contributed by atoms with Gasteiger partial charge in [-0.05, 0) is 92.5 Å². The fourth-order valence-corrected chi connectivity index (χ4v) is 6.28. The Morgan fingerprint density at radius 1 is 1.02 bits per heavy atom. The van der Waals surface area contributed by atoms with Crippen molar-refractivity contribution in [2.24, 2.45) is 17.3 Å². The predicted molar refractivity (Wildman–Crippen MR) is 178 cm³/mol. The Labute approximate surface area is 272 Å². The number of carboxylic acid groups (broad SMARTS) is 1. The molecule has 246 valence electrons. The van der Waals surface area contributed by atoms with Crippen molar-refractivity contribution >= 4 is 23.5 Å². The quantitative estimate of drug-likeness (QED) is 0.241. The van der Waals surface area contributed by atoms with Crippen molar-refractivity contribution in [2.45, 2.75) is 72.6 Å². The van der Waals surface area contributed by atoms with Crippen LogP contribution in [0.25, 0.3) is 0 Å². The van der Waals surface area contributed by atoms with E-state index in [1.807, 2.05) is 50.2 Å². The summed E-state index contributed by atoms with van der Waals surface area (Å²) in [6, 6.07) is 11.4. The number of aryl methyl sites for hydroxylation is 2. The SMILES string of the molecule is COc1ccc(C(=O)N(CC(C)(C)C)c2nc(C)cc(C)n2)c(N2CCC(COc3cc(C(CC(=O)O)C4CC4)ccn3)CC2)c1. The summed E-state index contributed by atoms with van der Waals surface area (Å²) in [6.07, 6.45) is 5.78. The highest BCUT2D eigenvalue weighted by Gasteiger charge is 2.34. The second-order valence-corrected chi connectivity index (χ2v) is 14.0. The molecule has 1 atom stereocenters. The van der Waals surface area contributed by atoms with Gasteiger partial charge < -0.3 is 19.5 Å². The van der Waals surface area contributed by atoms with Crippen LogP contribution in [0.15, 0.2) is 42.6 Å². The topological polar surface area (TPSA) is 118 Å². The van der Waals surface area contributed by atoms with Gasteiger partial charge in [-0.2, -0.15) is 0 Å². The molecule has 1 amide bonds. The van der Waals surface area contributed by atoms with Gasteiger partial charge in [-0.3, -0.25) is 14.5 Å². The second kappa shape index (κ2) is 14.1. The highest BCUT2D eigenvalue weighted by Crippen LogP contribution is 2.45. The van der Waals surface area contributed by atoms with E-state index >= 15 is 0 Å². The zero-order valence-electron chi connectivity index (χ0n) is 28.0. The van der Waals surface area contributed by atoms with Crippen molar-refractivity contribution in [3.05, 3.63) is 65.1 Å². The Kier molecular flexibility index (Phi) is 10.1. The Morgan fingerprint density at radius 3 is 2.33 bits per heavy atom. The van der Waals surface area contributed by atoms with Gasteiger partial charge in [0, 0.05) is 49.4 Å². The van der Waals surface area contributed by atoms with E-state index in [0.717, 1.165) is 61.4 Å². The van der Waals surface area contributed by atoms with Gasteiger partial charge in [0.15, 0.2) is 0 Å². The maximum Gasteiger partial charge on any atom is 0.303 e. The van der Waals surface area contributed by atoms with Crippen LogP contribution >= 0.6 is 0 Å². The number of carbonyl (C=O) groups excluding carboxylic acids is 1. The summed E-state index contributed by atoms with van der Waals surface area (Å²) in [5, 5.41) is 9.40. The van der Waals surface area contributed by atoms with Crippen LogP contribution in [-0.4, -0.2) is 65.3 Å². The molecule has 1 saturated heterocycles. The van der Waals surface area contributed by atoms with E-state index in [4.69, 9.17) is 9.47 Å². The monoisotopic (exact) mass is 629 g/mol. The lowest BCUT2D eigenvalue weighted by molar-refractivity contribution is -0.137. The van der Waals surface area contributed by atoms with Gasteiger partial charge in [0.05, 0.1) is 31.4 Å². The number of rotatable bonds is 12. The predicted octanol–water partition coefficient (Wildman–Crippen LogP) is 6.45. The Hall–Kier alpha value is -4.21. The molecule has 10 nitrogen and oxygen atoms in total. The maximum absolute atomic E-state index is 14.3. The highest BCUT2D eigenvalue weighted by molar-refractivity contribution is 6.09. The Bertz CT molecular complexity index is 1520. The number of anilines is 2. The zero-order valence-corrected chi connectivity index (χ0v) is 28.0. The van der Waals surface area contributed by atoms with Crippen LogP contribution < -0.4 is 19.3 Å². The van der Waals surface area contributed by atoms with Gasteiger partial charge in [-0.15, -0.1) is 0 Å². The lowest BCUT2D eigenvalue weighted by Gasteiger charge is -2.35. The first-order valence-electron chi connectivity index (χ1n) is 16.3. The molecule has 1 aliphatic carbocycles. The van der Waals surface area contributed by atoms with Crippen molar-refractivity contribution in [3.63, 3.8) is 0 Å². The third-order valence-electron chi connectivity index (χ3n) is 8.72. The van der Waals surface area contributed by atoms with Crippen LogP contribution in [0.2, 0.25) is 0 Å². The van der Waals surface area contributed by atoms with E-state index in [1.165, 1.54) is 0 Å². The van der Waals surface area contributed by atoms with Crippen molar-refractivity contribution in [2.75, 3.05) is 43.2 Å². The summed E-state index contributed by atoms with van der Waals surface area (Å²) in [7, 11) is 1.64. The summed E-state index contributed by atoms with van der Waals surface area (Å²) in [4.78, 5) is 43.4. The average Bonchev–Trinajstić information content (AvgIpc) is 3.86. The maximum atomic E-state index is 14.3. The molecule has 2 aromatic heterocycles. The molecule has 5 rings (SSSR count). The number of amides is 1. The first-order chi connectivity index (χ1) is 21.9. The lowest BCUT2D eigenvalue weighted by Crippen LogP contribution is -2.41. The average molecular weight is 630 g/mol. The molecule has 1 saturated carbocycles. The lowest BCUT2D eigenvalue weighted by atomic mass is 9.92. The highest BCUT2D eigenvalue weighted by atomic mass is 16.5. The van der Waals surface area contributed by atoms with Gasteiger partial charge in [0.25, 0.3) is 5.91 Å². The summed E-state index contributed by atoms with van der Waals surface area (Å²) in [5.74, 6) is 1.50. The number of hydrogen-bond donors (Lipinski definition) is 1. The third-order valence-corrected chi connectivity index (χ3v) is 8.72. The normalized spacial score (nSPS) is 16.2. The van der Waals surface area contributed by atoms with Crippen LogP contribution in [0.1, 0.15) is 86.1 Å². The minimum atomic E-state index is -0.774. The Balaban J connectivity index is 1.29. The summed E-state index contributed by atoms with van der Waals surface area (Å²) < 4.78 is 11.7. The van der Waals surface area contributed by atoms with Gasteiger partial charge in [-0.25, -0.2) is 15.0 Å². The van der Waals surface area contributed by atoms with Crippen LogP contribution in [0.5, 0.6) is 11.6 Å². The number of piperidine rings is 1. The minimum Gasteiger partial charge on any atom is -0.497 e. The first kappa shape index (κ1) is 33.2. The van der Waals surface area contributed by atoms with E-state index in [-0.39, 0.29) is 23.7 Å². The van der Waals surface area contributed by atoms with E-state index in [0.29, 0.717) is 48.1 Å². The number of aromatic nitrogens is 3. The molecule has 2 fully saturated rings. The molecule has 1 aliphatic heterocycles. The molecular formula is C36H47N5O5. The smallest absolute Gasteiger partial charge is 0.303 e. The third kappa shape index (κ3) is 8.53. The number of methoxy groups -OCH3 is 1. The van der Waals surface area contributed by atoms with Gasteiger partial charge in [0.1, 0.15) is 5.75 Å². The number of pyridine rings is 1. The number of nitrogens with zero attached hydrogens (tertiary/aromatic N) is 5. The molecular weight excluding hydrogens is 582 g/mol. The molecule has 0 radical (unpaired) electrons. The minimum absolute atomic E-state index is 0.00619. The molecule has 46 heavy (non-hydrogen) atoms. The first-order valence-corrected chi connectivity index (χ1v) is 16.3. The van der Waals surface area contributed by atoms with Gasteiger partial charge >= 0.3 is 5.97 Å². The zero-order chi connectivity index (χ0) is 33.0. The molecule has 1 aromatic carbocycles. The second-order valence-electron chi connectivity index (χ2n) is 14.0. The molecule has 10 heteroatoms. The molecule has 3 aromatic rings. The van der Waals surface area contributed by atoms with Crippen molar-refractivity contribution in [1.29, 1.82) is 0 Å². The van der Waals surface area contributed by atoms with Crippen LogP contribution in [0.3, 0.4) is 0 Å². The van der Waals surface area contributed by atoms with Gasteiger partial charge in [-0.1, -0.05) is 20.8 Å². The molecule has 2 aliphatic rings. The van der Waals surface area contributed by atoms with Crippen LogP contribution in [0, 0.1) is 31.1 Å². The molecule has 0 bridgehead atoms. The Morgan fingerprint density at radius 2 is 1.72 bits per heavy atom. The van der Waals surface area contributed by atoms with Crippen molar-refractivity contribution in [3.8, 4) is 11.6 Å². The fourth-order valence-electron chi connectivity index (χ4n) is 6.28. The molecule has 1 N–H and O–H groups in total. The van der Waals surface area contributed by atoms with E-state index in [2.05, 4.69) is 40.6 Å². The number of hydrogen-bond acceptors (Lipinski definition) is 8. The van der Waals surface area contributed by atoms with Crippen molar-refractivity contribution in [1.82, 2.24) is 15.0 Å². The summed E-state index contributed by atoms with van der Waals surface area (Å²) >= 11 is 0. The number of carboxylic acids is 1. The number of aliphatic carboxylic acids is 1. The van der Waals surface area contributed by atoms with E-state index in [9.17, 15) is 14.7 Å². The van der Waals surface area contributed by atoms with Gasteiger partial charge in [0.2, 0.25) is 11.8 Å². The summed E-state index contributed by atoms with van der Waals surface area (Å²) in [5.41, 5.74) is 3.88. The number of benzene rings is 1. The molecule has 0 spiro atoms. The van der Waals surface area contributed by atoms with E-state index in [1.54, 1.807) is 18.2 Å². The van der Waals surface area contributed by atoms with E-state index < -0.39 is 5.97 Å². The fraction of sp³-hybridized carbons (Fsp3) is 0.528. The molecule has 3 heterocycles. The largest absolute Gasteiger partial charge is 0.497 e. The standard InChI is InChI=1S/C36H47N5O5/c1-23-17-24(2)39-35(38-23)41(22-36(3,4)5)34(44)29-10-9-28(45-6)19-31(29)40-15-12-25(13-16-40)21-46-32-18-27(11-14-37-32)30(20-33(42)43)26-7-8-26/h9-11,14,17-19,25-26,30H,7-8,12-13,15-16,20-22H2,1-6H3,(H,42,43). The molecule has 1 unspecified atom stereocenters. The van der Waals surface area contributed by atoms with Crippen LogP contribution in [0.4, 0.5) is 11.6 Å².